The van der Waals surface area contributed by atoms with Gasteiger partial charge in [0.05, 0.1) is 0 Å². The van der Waals surface area contributed by atoms with Crippen LogP contribution >= 0.6 is 0 Å². The molecular formula is C8H18NO2S-. The topological polar surface area (TPSA) is 52.2 Å². The Morgan fingerprint density at radius 2 is 1.92 bits per heavy atom. The normalized spacial score (nSPS) is 16.4. The third-order valence-electron chi connectivity index (χ3n) is 1.72. The molecule has 0 aliphatic rings. The van der Waals surface area contributed by atoms with Crippen LogP contribution in [-0.4, -0.2) is 14.8 Å². The maximum atomic E-state index is 10.2. The van der Waals surface area contributed by atoms with E-state index in [1.807, 2.05) is 6.92 Å². The molecule has 0 saturated carbocycles. The first-order valence-corrected chi connectivity index (χ1v) is 5.45. The van der Waals surface area contributed by atoms with Gasteiger partial charge in [-0.15, -0.1) is 0 Å². The molecular weight excluding hydrogens is 174 g/mol. The number of hydrogen-bond acceptors (Lipinski definition) is 2. The summed E-state index contributed by atoms with van der Waals surface area (Å²) in [7, 11) is 0. The van der Waals surface area contributed by atoms with Crippen LogP contribution in [0.5, 0.6) is 0 Å². The lowest BCUT2D eigenvalue weighted by atomic mass is 10.0. The van der Waals surface area contributed by atoms with Crippen LogP contribution in [-0.2, 0) is 11.3 Å². The van der Waals surface area contributed by atoms with Gasteiger partial charge in [0.2, 0.25) is 0 Å². The number of hydrogen-bond donors (Lipinski definition) is 1. The standard InChI is InChI=1S/C8H19NO2S/c1-7(2)5-4-6-8(3)9-12(10)11/h7-9H,4-6H2,1-3H3,(H,10,11)/p-1. The monoisotopic (exact) mass is 192 g/mol. The van der Waals surface area contributed by atoms with Crippen molar-refractivity contribution in [3.63, 3.8) is 0 Å². The molecule has 1 N–H and O–H groups in total. The lowest BCUT2D eigenvalue weighted by Crippen LogP contribution is -2.27. The van der Waals surface area contributed by atoms with E-state index in [0.29, 0.717) is 5.92 Å². The highest BCUT2D eigenvalue weighted by Crippen LogP contribution is 2.07. The lowest BCUT2D eigenvalue weighted by Gasteiger charge is -2.15. The van der Waals surface area contributed by atoms with Gasteiger partial charge in [-0.3, -0.25) is 4.21 Å². The molecule has 0 aliphatic heterocycles. The molecule has 0 bridgehead atoms. The Balaban J connectivity index is 3.31. The average molecular weight is 192 g/mol. The summed E-state index contributed by atoms with van der Waals surface area (Å²) in [5.41, 5.74) is 0. The van der Waals surface area contributed by atoms with E-state index in [1.165, 1.54) is 0 Å². The second-order valence-corrected chi connectivity index (χ2v) is 4.28. The summed E-state index contributed by atoms with van der Waals surface area (Å²) in [6.07, 6.45) is 3.17. The van der Waals surface area contributed by atoms with E-state index >= 15 is 0 Å². The molecule has 0 heterocycles. The van der Waals surface area contributed by atoms with E-state index in [4.69, 9.17) is 0 Å². The third kappa shape index (κ3) is 8.17. The van der Waals surface area contributed by atoms with Gasteiger partial charge in [-0.1, -0.05) is 26.7 Å². The Labute approximate surface area is 77.4 Å². The minimum atomic E-state index is -2.11. The highest BCUT2D eigenvalue weighted by molar-refractivity contribution is 7.77. The molecule has 0 radical (unpaired) electrons. The van der Waals surface area contributed by atoms with Gasteiger partial charge in [-0.2, -0.15) is 0 Å². The smallest absolute Gasteiger partial charge is 0.0183 e. The Morgan fingerprint density at radius 1 is 1.33 bits per heavy atom. The fourth-order valence-electron chi connectivity index (χ4n) is 1.06. The van der Waals surface area contributed by atoms with Crippen LogP contribution < -0.4 is 4.72 Å². The third-order valence-corrected chi connectivity index (χ3v) is 2.31. The Hall–Kier alpha value is 0.0700. The van der Waals surface area contributed by atoms with E-state index in [1.54, 1.807) is 0 Å². The summed E-state index contributed by atoms with van der Waals surface area (Å²) >= 11 is -2.11. The van der Waals surface area contributed by atoms with Crippen molar-refractivity contribution < 1.29 is 8.76 Å². The number of rotatable bonds is 6. The molecule has 0 saturated heterocycles. The number of nitrogens with one attached hydrogen (secondary N) is 1. The first kappa shape index (κ1) is 12.1. The van der Waals surface area contributed by atoms with Crippen molar-refractivity contribution in [2.45, 2.75) is 46.1 Å². The molecule has 0 aromatic heterocycles. The van der Waals surface area contributed by atoms with Gasteiger partial charge in [-0.05, 0) is 19.3 Å². The van der Waals surface area contributed by atoms with E-state index in [9.17, 15) is 8.76 Å². The summed E-state index contributed by atoms with van der Waals surface area (Å²) in [6.45, 7) is 6.23. The van der Waals surface area contributed by atoms with Gasteiger partial charge < -0.3 is 4.55 Å². The van der Waals surface area contributed by atoms with Crippen LogP contribution in [0.1, 0.15) is 40.0 Å². The van der Waals surface area contributed by atoms with Gasteiger partial charge >= 0.3 is 0 Å². The van der Waals surface area contributed by atoms with Gasteiger partial charge in [0.1, 0.15) is 0 Å². The average Bonchev–Trinajstić information content (AvgIpc) is 1.84. The molecule has 2 atom stereocenters. The second kappa shape index (κ2) is 6.57. The van der Waals surface area contributed by atoms with Crippen LogP contribution in [0.25, 0.3) is 0 Å². The van der Waals surface area contributed by atoms with Crippen LogP contribution in [0.4, 0.5) is 0 Å². The van der Waals surface area contributed by atoms with Crippen LogP contribution in [0.15, 0.2) is 0 Å². The molecule has 0 aromatic rings. The van der Waals surface area contributed by atoms with Crippen molar-refractivity contribution in [3.8, 4) is 0 Å². The van der Waals surface area contributed by atoms with E-state index in [0.717, 1.165) is 19.3 Å². The highest BCUT2D eigenvalue weighted by atomic mass is 32.2. The van der Waals surface area contributed by atoms with Crippen molar-refractivity contribution in [2.75, 3.05) is 0 Å². The fraction of sp³-hybridized carbons (Fsp3) is 1.00. The Kier molecular flexibility index (Phi) is 6.61. The predicted molar refractivity (Wildman–Crippen MR) is 50.2 cm³/mol. The van der Waals surface area contributed by atoms with Gasteiger partial charge in [-0.25, -0.2) is 4.72 Å². The summed E-state index contributed by atoms with van der Waals surface area (Å²) < 4.78 is 22.8. The lowest BCUT2D eigenvalue weighted by molar-refractivity contribution is 0.473. The van der Waals surface area contributed by atoms with Gasteiger partial charge in [0.15, 0.2) is 0 Å². The van der Waals surface area contributed by atoms with Gasteiger partial charge in [0, 0.05) is 17.3 Å². The predicted octanol–water partition coefficient (Wildman–Crippen LogP) is 1.58. The summed E-state index contributed by atoms with van der Waals surface area (Å²) in [5, 5.41) is 0. The largest absolute Gasteiger partial charge is 0.760 e. The van der Waals surface area contributed by atoms with Gasteiger partial charge in [0.25, 0.3) is 0 Å². The molecule has 3 nitrogen and oxygen atoms in total. The minimum absolute atomic E-state index is 0.0714. The SMILES string of the molecule is CC(C)CCCC(C)NS(=O)[O-]. The molecule has 4 heteroatoms. The molecule has 0 fully saturated rings. The first-order chi connectivity index (χ1) is 5.52. The quantitative estimate of drug-likeness (QED) is 0.650. The van der Waals surface area contributed by atoms with Crippen molar-refractivity contribution in [3.05, 3.63) is 0 Å². The summed E-state index contributed by atoms with van der Waals surface area (Å²) in [5.74, 6) is 0.704. The zero-order valence-electron chi connectivity index (χ0n) is 8.00. The molecule has 0 rings (SSSR count). The van der Waals surface area contributed by atoms with Crippen molar-refractivity contribution >= 4 is 11.3 Å². The molecule has 2 unspecified atom stereocenters. The summed E-state index contributed by atoms with van der Waals surface area (Å²) in [4.78, 5) is 0. The maximum Gasteiger partial charge on any atom is 0.0183 e. The van der Waals surface area contributed by atoms with E-state index in [2.05, 4.69) is 18.6 Å². The van der Waals surface area contributed by atoms with Crippen LogP contribution in [0.2, 0.25) is 0 Å². The Bertz CT molecular complexity index is 139. The van der Waals surface area contributed by atoms with Crippen molar-refractivity contribution in [2.24, 2.45) is 5.92 Å². The molecule has 0 amide bonds. The van der Waals surface area contributed by atoms with E-state index < -0.39 is 11.3 Å². The molecule has 0 spiro atoms. The van der Waals surface area contributed by atoms with Crippen LogP contribution in [0, 0.1) is 5.92 Å². The summed E-state index contributed by atoms with van der Waals surface area (Å²) in [6, 6.07) is 0.0714. The second-order valence-electron chi connectivity index (χ2n) is 3.58. The molecule has 12 heavy (non-hydrogen) atoms. The minimum Gasteiger partial charge on any atom is -0.760 e. The van der Waals surface area contributed by atoms with Crippen molar-refractivity contribution in [1.29, 1.82) is 0 Å². The van der Waals surface area contributed by atoms with Crippen LogP contribution in [0.3, 0.4) is 0 Å². The highest BCUT2D eigenvalue weighted by Gasteiger charge is 2.01. The zero-order chi connectivity index (χ0) is 9.56. The zero-order valence-corrected chi connectivity index (χ0v) is 8.82. The molecule has 74 valence electrons. The maximum absolute atomic E-state index is 10.2. The molecule has 0 aliphatic carbocycles. The first-order valence-electron chi connectivity index (χ1n) is 4.37. The van der Waals surface area contributed by atoms with Crippen molar-refractivity contribution in [1.82, 2.24) is 4.72 Å². The Morgan fingerprint density at radius 3 is 2.33 bits per heavy atom. The fourth-order valence-corrected chi connectivity index (χ4v) is 1.50. The van der Waals surface area contributed by atoms with E-state index in [-0.39, 0.29) is 6.04 Å². The molecule has 0 aromatic carbocycles.